The van der Waals surface area contributed by atoms with Crippen LogP contribution < -0.4 is 16.4 Å². The Morgan fingerprint density at radius 2 is 2.12 bits per heavy atom. The molecule has 90 valence electrons. The lowest BCUT2D eigenvalue weighted by molar-refractivity contribution is 0.766. The van der Waals surface area contributed by atoms with Crippen molar-refractivity contribution in [1.82, 2.24) is 0 Å². The van der Waals surface area contributed by atoms with Crippen molar-refractivity contribution in [3.8, 4) is 0 Å². The fourth-order valence-corrected chi connectivity index (χ4v) is 2.11. The summed E-state index contributed by atoms with van der Waals surface area (Å²) in [7, 11) is 0. The van der Waals surface area contributed by atoms with Gasteiger partial charge >= 0.3 is 0 Å². The highest BCUT2D eigenvalue weighted by atomic mass is 15.1. The minimum atomic E-state index is 0.694. The van der Waals surface area contributed by atoms with Crippen LogP contribution in [0.15, 0.2) is 29.5 Å². The first-order valence-electron chi connectivity index (χ1n) is 5.71. The molecule has 0 atom stereocenters. The maximum absolute atomic E-state index is 7.36. The standard InChI is InChI=1S/C13H18N4/c1-9-2-3-11(15)6-13(9)17-5-4-12(16)10(7-14)8-17/h2-3,6-7,14H,4-5,8,15-16H2,1H3. The van der Waals surface area contributed by atoms with Crippen LogP contribution in [0.5, 0.6) is 0 Å². The van der Waals surface area contributed by atoms with Gasteiger partial charge in [0.1, 0.15) is 0 Å². The van der Waals surface area contributed by atoms with E-state index in [9.17, 15) is 0 Å². The summed E-state index contributed by atoms with van der Waals surface area (Å²) in [6, 6.07) is 5.92. The van der Waals surface area contributed by atoms with Gasteiger partial charge in [0.15, 0.2) is 0 Å². The van der Waals surface area contributed by atoms with E-state index in [4.69, 9.17) is 16.9 Å². The monoisotopic (exact) mass is 230 g/mol. The van der Waals surface area contributed by atoms with E-state index < -0.39 is 0 Å². The third-order valence-corrected chi connectivity index (χ3v) is 3.17. The summed E-state index contributed by atoms with van der Waals surface area (Å²) in [6.07, 6.45) is 2.15. The molecule has 4 heteroatoms. The van der Waals surface area contributed by atoms with Gasteiger partial charge in [0, 0.05) is 48.4 Å². The first kappa shape index (κ1) is 11.5. The zero-order chi connectivity index (χ0) is 12.4. The Kier molecular flexibility index (Phi) is 3.04. The minimum absolute atomic E-state index is 0.694. The molecule has 0 saturated heterocycles. The fraction of sp³-hybridized carbons (Fsp3) is 0.308. The molecule has 0 aliphatic carbocycles. The van der Waals surface area contributed by atoms with E-state index in [1.165, 1.54) is 11.8 Å². The largest absolute Gasteiger partial charge is 0.402 e. The van der Waals surface area contributed by atoms with Gasteiger partial charge in [0.05, 0.1) is 0 Å². The van der Waals surface area contributed by atoms with Crippen LogP contribution in [0, 0.1) is 12.3 Å². The first-order valence-corrected chi connectivity index (χ1v) is 5.71. The van der Waals surface area contributed by atoms with Crippen molar-refractivity contribution >= 4 is 17.6 Å². The molecule has 0 fully saturated rings. The molecular weight excluding hydrogens is 212 g/mol. The number of nitrogens with zero attached hydrogens (tertiary/aromatic N) is 1. The maximum atomic E-state index is 7.36. The molecule has 17 heavy (non-hydrogen) atoms. The quantitative estimate of drug-likeness (QED) is 0.534. The molecule has 0 unspecified atom stereocenters. The normalized spacial score (nSPS) is 16.2. The lowest BCUT2D eigenvalue weighted by Gasteiger charge is -2.31. The third kappa shape index (κ3) is 2.25. The highest BCUT2D eigenvalue weighted by Crippen LogP contribution is 2.26. The van der Waals surface area contributed by atoms with Crippen LogP contribution in [-0.4, -0.2) is 19.3 Å². The lowest BCUT2D eigenvalue weighted by Crippen LogP contribution is -2.34. The Morgan fingerprint density at radius 1 is 1.35 bits per heavy atom. The van der Waals surface area contributed by atoms with Crippen LogP contribution in [0.4, 0.5) is 11.4 Å². The van der Waals surface area contributed by atoms with Crippen molar-refractivity contribution in [2.24, 2.45) is 5.73 Å². The molecular formula is C13H18N4. The second-order valence-electron chi connectivity index (χ2n) is 4.41. The first-order chi connectivity index (χ1) is 8.11. The van der Waals surface area contributed by atoms with E-state index >= 15 is 0 Å². The summed E-state index contributed by atoms with van der Waals surface area (Å²) in [5.74, 6) is 0. The average molecular weight is 230 g/mol. The van der Waals surface area contributed by atoms with Crippen LogP contribution >= 0.6 is 0 Å². The molecule has 5 N–H and O–H groups in total. The van der Waals surface area contributed by atoms with Gasteiger partial charge in [-0.2, -0.15) is 0 Å². The van der Waals surface area contributed by atoms with Crippen LogP contribution in [0.2, 0.25) is 0 Å². The number of hydrogen-bond acceptors (Lipinski definition) is 4. The molecule has 0 aromatic heterocycles. The Bertz CT molecular complexity index is 476. The molecule has 0 bridgehead atoms. The van der Waals surface area contributed by atoms with Crippen LogP contribution in [-0.2, 0) is 0 Å². The summed E-state index contributed by atoms with van der Waals surface area (Å²) in [6.45, 7) is 3.65. The smallest absolute Gasteiger partial charge is 0.0461 e. The summed E-state index contributed by atoms with van der Waals surface area (Å²) < 4.78 is 0. The van der Waals surface area contributed by atoms with Crippen molar-refractivity contribution in [3.63, 3.8) is 0 Å². The Labute approximate surface area is 101 Å². The van der Waals surface area contributed by atoms with Crippen molar-refractivity contribution in [2.45, 2.75) is 13.3 Å². The maximum Gasteiger partial charge on any atom is 0.0461 e. The highest BCUT2D eigenvalue weighted by Gasteiger charge is 2.17. The Hall–Kier alpha value is -1.97. The fourth-order valence-electron chi connectivity index (χ4n) is 2.11. The summed E-state index contributed by atoms with van der Waals surface area (Å²) in [4.78, 5) is 2.22. The van der Waals surface area contributed by atoms with Gasteiger partial charge < -0.3 is 21.8 Å². The van der Waals surface area contributed by atoms with Gasteiger partial charge in [-0.3, -0.25) is 0 Å². The van der Waals surface area contributed by atoms with Crippen LogP contribution in [0.25, 0.3) is 0 Å². The molecule has 4 nitrogen and oxygen atoms in total. The van der Waals surface area contributed by atoms with E-state index in [0.717, 1.165) is 35.6 Å². The number of rotatable bonds is 2. The number of anilines is 2. The van der Waals surface area contributed by atoms with Gasteiger partial charge in [-0.25, -0.2) is 0 Å². The van der Waals surface area contributed by atoms with Gasteiger partial charge in [0.25, 0.3) is 0 Å². The second-order valence-corrected chi connectivity index (χ2v) is 4.41. The average Bonchev–Trinajstić information content (AvgIpc) is 2.33. The van der Waals surface area contributed by atoms with E-state index in [1.807, 2.05) is 18.2 Å². The minimum Gasteiger partial charge on any atom is -0.402 e. The van der Waals surface area contributed by atoms with Crippen LogP contribution in [0.3, 0.4) is 0 Å². The summed E-state index contributed by atoms with van der Waals surface area (Å²) >= 11 is 0. The lowest BCUT2D eigenvalue weighted by atomic mass is 10.0. The number of hydrogen-bond donors (Lipinski definition) is 3. The van der Waals surface area contributed by atoms with Gasteiger partial charge in [0.2, 0.25) is 0 Å². The Balaban J connectivity index is 2.31. The van der Waals surface area contributed by atoms with Crippen LogP contribution in [0.1, 0.15) is 12.0 Å². The van der Waals surface area contributed by atoms with E-state index in [1.54, 1.807) is 0 Å². The summed E-state index contributed by atoms with van der Waals surface area (Å²) in [5, 5.41) is 7.36. The molecule has 1 aromatic rings. The van der Waals surface area contributed by atoms with E-state index in [-0.39, 0.29) is 0 Å². The molecule has 0 radical (unpaired) electrons. The van der Waals surface area contributed by atoms with Crippen molar-refractivity contribution in [2.75, 3.05) is 23.7 Å². The van der Waals surface area contributed by atoms with Gasteiger partial charge in [-0.15, -0.1) is 0 Å². The Morgan fingerprint density at radius 3 is 2.82 bits per heavy atom. The molecule has 0 amide bonds. The second kappa shape index (κ2) is 4.49. The number of aryl methyl sites for hydroxylation is 1. The SMILES string of the molecule is Cc1ccc(N)cc1N1CCC(N)=C(C=N)C1. The zero-order valence-corrected chi connectivity index (χ0v) is 10.0. The predicted octanol–water partition coefficient (Wildman–Crippen LogP) is 1.65. The molecule has 1 heterocycles. The number of benzene rings is 1. The van der Waals surface area contributed by atoms with Gasteiger partial charge in [-0.05, 0) is 24.6 Å². The van der Waals surface area contributed by atoms with E-state index in [2.05, 4.69) is 11.8 Å². The van der Waals surface area contributed by atoms with Crippen molar-refractivity contribution in [1.29, 1.82) is 5.41 Å². The molecule has 1 aliphatic heterocycles. The molecule has 1 aromatic carbocycles. The van der Waals surface area contributed by atoms with Crippen molar-refractivity contribution < 1.29 is 0 Å². The zero-order valence-electron chi connectivity index (χ0n) is 10.0. The predicted molar refractivity (Wildman–Crippen MR) is 72.4 cm³/mol. The number of nitrogens with one attached hydrogen (secondary N) is 1. The summed E-state index contributed by atoms with van der Waals surface area (Å²) in [5.41, 5.74) is 16.5. The number of nitrogens with two attached hydrogens (primary N) is 2. The molecule has 0 spiro atoms. The number of nitrogen functional groups attached to an aromatic ring is 1. The molecule has 0 saturated carbocycles. The third-order valence-electron chi connectivity index (χ3n) is 3.17. The van der Waals surface area contributed by atoms with E-state index in [0.29, 0.717) is 6.54 Å². The highest BCUT2D eigenvalue weighted by molar-refractivity contribution is 5.79. The van der Waals surface area contributed by atoms with Crippen molar-refractivity contribution in [3.05, 3.63) is 35.0 Å². The van der Waals surface area contributed by atoms with Gasteiger partial charge in [-0.1, -0.05) is 6.07 Å². The molecule has 2 rings (SSSR count). The molecule has 1 aliphatic rings. The topological polar surface area (TPSA) is 79.1 Å².